The van der Waals surface area contributed by atoms with Crippen LogP contribution in [0.3, 0.4) is 0 Å². The van der Waals surface area contributed by atoms with Crippen molar-refractivity contribution < 1.29 is 13.9 Å². The van der Waals surface area contributed by atoms with Crippen molar-refractivity contribution in [3.8, 4) is 0 Å². The van der Waals surface area contributed by atoms with Gasteiger partial charge in [-0.3, -0.25) is 0 Å². The first-order chi connectivity index (χ1) is 8.63. The molecule has 0 aliphatic rings. The summed E-state index contributed by atoms with van der Waals surface area (Å²) in [7, 11) is 0. The van der Waals surface area contributed by atoms with Crippen LogP contribution >= 0.6 is 0 Å². The van der Waals surface area contributed by atoms with Crippen LogP contribution in [0.1, 0.15) is 36.9 Å². The minimum Gasteiger partial charge on any atom is -0.462 e. The lowest BCUT2D eigenvalue weighted by atomic mass is 10.1. The first-order valence-corrected chi connectivity index (χ1v) is 6.09. The summed E-state index contributed by atoms with van der Waals surface area (Å²) in [5, 5.41) is 0.705. The fourth-order valence-electron chi connectivity index (χ4n) is 1.69. The second-order valence-electron chi connectivity index (χ2n) is 3.51. The van der Waals surface area contributed by atoms with E-state index < -0.39 is 0 Å². The van der Waals surface area contributed by atoms with Gasteiger partial charge in [0, 0.05) is 11.1 Å². The second-order valence-corrected chi connectivity index (χ2v) is 3.51. The molecule has 2 rings (SSSR count). The Morgan fingerprint density at radius 2 is 2.06 bits per heavy atom. The van der Waals surface area contributed by atoms with Crippen LogP contribution in [0.15, 0.2) is 22.6 Å². The number of furan rings is 1. The molecule has 1 aromatic heterocycles. The Bertz CT molecular complexity index is 543. The minimum atomic E-state index is -0.371. The van der Waals surface area contributed by atoms with Crippen LogP contribution in [-0.2, 0) is 4.74 Å². The highest BCUT2D eigenvalue weighted by Gasteiger charge is 2.19. The number of carbonyl (C=O) groups excluding carboxylic acids is 1. The molecule has 1 aromatic carbocycles. The van der Waals surface area contributed by atoms with Crippen molar-refractivity contribution in [2.75, 3.05) is 12.3 Å². The van der Waals surface area contributed by atoms with Gasteiger partial charge in [-0.05, 0) is 32.0 Å². The molecule has 1 heterocycles. The van der Waals surface area contributed by atoms with Crippen LogP contribution in [0.25, 0.3) is 11.0 Å². The molecule has 0 bridgehead atoms. The summed E-state index contributed by atoms with van der Waals surface area (Å²) in [6, 6.07) is 5.21. The van der Waals surface area contributed by atoms with E-state index in [2.05, 4.69) is 0 Å². The molecule has 0 amide bonds. The minimum absolute atomic E-state index is 0.341. The van der Waals surface area contributed by atoms with Gasteiger partial charge in [0.25, 0.3) is 0 Å². The Morgan fingerprint density at radius 3 is 2.67 bits per heavy atom. The first-order valence-electron chi connectivity index (χ1n) is 6.09. The van der Waals surface area contributed by atoms with E-state index in [-0.39, 0.29) is 5.97 Å². The number of aryl methyl sites for hydroxylation is 1. The Kier molecular flexibility index (Phi) is 4.77. The summed E-state index contributed by atoms with van der Waals surface area (Å²) in [6.45, 7) is 7.85. The molecular formula is C14H19NO3. The van der Waals surface area contributed by atoms with Crippen molar-refractivity contribution in [3.05, 3.63) is 29.5 Å². The van der Waals surface area contributed by atoms with Gasteiger partial charge in [0.1, 0.15) is 16.9 Å². The molecule has 2 aromatic rings. The normalized spacial score (nSPS) is 9.78. The van der Waals surface area contributed by atoms with Gasteiger partial charge in [-0.2, -0.15) is 0 Å². The quantitative estimate of drug-likeness (QED) is 0.653. The first kappa shape index (κ1) is 14.1. The number of fused-ring (bicyclic) bond motifs is 1. The van der Waals surface area contributed by atoms with Crippen LogP contribution < -0.4 is 5.73 Å². The van der Waals surface area contributed by atoms with Gasteiger partial charge >= 0.3 is 5.97 Å². The fourth-order valence-corrected chi connectivity index (χ4v) is 1.69. The van der Waals surface area contributed by atoms with Crippen LogP contribution in [-0.4, -0.2) is 12.6 Å². The van der Waals surface area contributed by atoms with Crippen LogP contribution in [0.4, 0.5) is 5.69 Å². The molecule has 0 spiro atoms. The van der Waals surface area contributed by atoms with Gasteiger partial charge in [-0.25, -0.2) is 4.79 Å². The predicted octanol–water partition coefficient (Wildman–Crippen LogP) is 3.53. The summed E-state index contributed by atoms with van der Waals surface area (Å²) < 4.78 is 10.4. The molecule has 0 saturated carbocycles. The van der Waals surface area contributed by atoms with Crippen LogP contribution in [0.5, 0.6) is 0 Å². The Labute approximate surface area is 107 Å². The molecule has 18 heavy (non-hydrogen) atoms. The van der Waals surface area contributed by atoms with Gasteiger partial charge < -0.3 is 14.9 Å². The molecule has 0 fully saturated rings. The van der Waals surface area contributed by atoms with Crippen molar-refractivity contribution in [1.82, 2.24) is 0 Å². The molecule has 0 aliphatic heterocycles. The average molecular weight is 249 g/mol. The van der Waals surface area contributed by atoms with Crippen molar-refractivity contribution in [3.63, 3.8) is 0 Å². The smallest absolute Gasteiger partial charge is 0.342 e. The molecule has 2 N–H and O–H groups in total. The lowest BCUT2D eigenvalue weighted by Gasteiger charge is -2.00. The zero-order valence-corrected chi connectivity index (χ0v) is 11.2. The van der Waals surface area contributed by atoms with Crippen molar-refractivity contribution >= 4 is 22.6 Å². The summed E-state index contributed by atoms with van der Waals surface area (Å²) in [6.07, 6.45) is 0. The molecular weight excluding hydrogens is 230 g/mol. The van der Waals surface area contributed by atoms with Gasteiger partial charge in [-0.15, -0.1) is 0 Å². The molecule has 4 heteroatoms. The molecule has 98 valence electrons. The highest BCUT2D eigenvalue weighted by Crippen LogP contribution is 2.27. The van der Waals surface area contributed by atoms with E-state index in [0.717, 1.165) is 0 Å². The number of anilines is 1. The summed E-state index contributed by atoms with van der Waals surface area (Å²) in [4.78, 5) is 11.7. The zero-order chi connectivity index (χ0) is 13.7. The third-order valence-electron chi connectivity index (χ3n) is 2.37. The van der Waals surface area contributed by atoms with Gasteiger partial charge in [0.05, 0.1) is 6.61 Å². The lowest BCUT2D eigenvalue weighted by molar-refractivity contribution is 0.0526. The number of ether oxygens (including phenoxy) is 1. The maximum atomic E-state index is 11.7. The number of nitrogens with two attached hydrogens (primary N) is 1. The zero-order valence-electron chi connectivity index (χ0n) is 11.2. The number of carbonyl (C=O) groups is 1. The number of benzene rings is 1. The number of esters is 1. The molecule has 0 atom stereocenters. The molecule has 0 aliphatic carbocycles. The topological polar surface area (TPSA) is 65.5 Å². The maximum absolute atomic E-state index is 11.7. The molecule has 4 nitrogen and oxygen atoms in total. The van der Waals surface area contributed by atoms with E-state index in [1.54, 1.807) is 32.0 Å². The second kappa shape index (κ2) is 6.10. The van der Waals surface area contributed by atoms with Crippen LogP contribution in [0.2, 0.25) is 0 Å². The highest BCUT2D eigenvalue weighted by molar-refractivity contribution is 6.05. The SMILES string of the molecule is CC.CCOC(=O)c1c(C)oc2ccc(N)cc12. The predicted molar refractivity (Wildman–Crippen MR) is 72.7 cm³/mol. The molecule has 0 radical (unpaired) electrons. The maximum Gasteiger partial charge on any atom is 0.342 e. The number of hydrogen-bond acceptors (Lipinski definition) is 4. The molecule has 0 unspecified atom stereocenters. The average Bonchev–Trinajstić information content (AvgIpc) is 2.67. The fraction of sp³-hybridized carbons (Fsp3) is 0.357. The van der Waals surface area contributed by atoms with Gasteiger partial charge in [-0.1, -0.05) is 13.8 Å². The number of rotatable bonds is 2. The van der Waals surface area contributed by atoms with E-state index in [0.29, 0.717) is 34.6 Å². The lowest BCUT2D eigenvalue weighted by Crippen LogP contribution is -2.05. The Hall–Kier alpha value is -1.97. The van der Waals surface area contributed by atoms with Crippen LogP contribution in [0, 0.1) is 6.92 Å². The Balaban J connectivity index is 0.000000771. The largest absolute Gasteiger partial charge is 0.462 e. The van der Waals surface area contributed by atoms with Crippen molar-refractivity contribution in [2.45, 2.75) is 27.7 Å². The third-order valence-corrected chi connectivity index (χ3v) is 2.37. The summed E-state index contributed by atoms with van der Waals surface area (Å²) in [5.74, 6) is 0.184. The van der Waals surface area contributed by atoms with E-state index in [1.165, 1.54) is 0 Å². The number of hydrogen-bond donors (Lipinski definition) is 1. The standard InChI is InChI=1S/C12H13NO3.C2H6/c1-3-15-12(14)11-7(2)16-10-5-4-8(13)6-9(10)11;1-2/h4-6H,3,13H2,1-2H3;1-2H3. The van der Waals surface area contributed by atoms with Crippen molar-refractivity contribution in [2.24, 2.45) is 0 Å². The monoisotopic (exact) mass is 249 g/mol. The summed E-state index contributed by atoms with van der Waals surface area (Å²) >= 11 is 0. The summed E-state index contributed by atoms with van der Waals surface area (Å²) in [5.41, 5.74) is 7.39. The van der Waals surface area contributed by atoms with Gasteiger partial charge in [0.15, 0.2) is 0 Å². The highest BCUT2D eigenvalue weighted by atomic mass is 16.5. The van der Waals surface area contributed by atoms with Gasteiger partial charge in [0.2, 0.25) is 0 Å². The Morgan fingerprint density at radius 1 is 1.39 bits per heavy atom. The third kappa shape index (κ3) is 2.64. The molecule has 0 saturated heterocycles. The van der Waals surface area contributed by atoms with Crippen molar-refractivity contribution in [1.29, 1.82) is 0 Å². The van der Waals surface area contributed by atoms with E-state index in [9.17, 15) is 4.79 Å². The number of nitrogen functional groups attached to an aromatic ring is 1. The van der Waals surface area contributed by atoms with E-state index in [1.807, 2.05) is 13.8 Å². The van der Waals surface area contributed by atoms with E-state index in [4.69, 9.17) is 14.9 Å². The van der Waals surface area contributed by atoms with E-state index >= 15 is 0 Å².